The van der Waals surface area contributed by atoms with Crippen LogP contribution in [0.2, 0.25) is 0 Å². The van der Waals surface area contributed by atoms with Gasteiger partial charge in [-0.25, -0.2) is 4.98 Å². The third-order valence-electron chi connectivity index (χ3n) is 3.61. The molecule has 0 atom stereocenters. The molecule has 1 N–H and O–H groups in total. The lowest BCUT2D eigenvalue weighted by Gasteiger charge is -1.99. The summed E-state index contributed by atoms with van der Waals surface area (Å²) in [5.41, 5.74) is 1.36. The molecule has 6 nitrogen and oxygen atoms in total. The highest BCUT2D eigenvalue weighted by atomic mass is 32.2. The van der Waals surface area contributed by atoms with Crippen molar-refractivity contribution in [2.45, 2.75) is 25.2 Å². The number of nitrogens with zero attached hydrogens (tertiary/aromatic N) is 2. The second-order valence-electron chi connectivity index (χ2n) is 5.66. The Morgan fingerprint density at radius 3 is 2.85 bits per heavy atom. The van der Waals surface area contributed by atoms with Crippen molar-refractivity contribution < 1.29 is 14.0 Å². The number of furan rings is 1. The van der Waals surface area contributed by atoms with Crippen molar-refractivity contribution in [2.75, 3.05) is 11.6 Å². The van der Waals surface area contributed by atoms with E-state index < -0.39 is 0 Å². The summed E-state index contributed by atoms with van der Waals surface area (Å²) in [5.74, 6) is 1.24. The highest BCUT2D eigenvalue weighted by Gasteiger charge is 2.18. The highest BCUT2D eigenvalue weighted by Crippen LogP contribution is 2.29. The van der Waals surface area contributed by atoms with E-state index in [1.807, 2.05) is 30.5 Å². The lowest BCUT2D eigenvalue weighted by molar-refractivity contribution is -0.116. The zero-order valence-corrected chi connectivity index (χ0v) is 16.2. The summed E-state index contributed by atoms with van der Waals surface area (Å²) < 4.78 is 9.84. The molecule has 0 aliphatic rings. The SMILES string of the molecule is CSc1cccc(-c2cc(C(=O)Nc3nc(CC(C)=O)ns3)c(C)o2)c1. The zero-order chi connectivity index (χ0) is 18.7. The Morgan fingerprint density at radius 2 is 2.12 bits per heavy atom. The third kappa shape index (κ3) is 4.20. The number of thioether (sulfide) groups is 1. The molecule has 0 fully saturated rings. The van der Waals surface area contributed by atoms with Gasteiger partial charge in [0.25, 0.3) is 5.91 Å². The molecule has 0 bridgehead atoms. The highest BCUT2D eigenvalue weighted by molar-refractivity contribution is 7.98. The van der Waals surface area contributed by atoms with Crippen molar-refractivity contribution in [3.8, 4) is 11.3 Å². The van der Waals surface area contributed by atoms with Gasteiger partial charge in [-0.1, -0.05) is 12.1 Å². The summed E-state index contributed by atoms with van der Waals surface area (Å²) in [5, 5.41) is 3.07. The van der Waals surface area contributed by atoms with Gasteiger partial charge < -0.3 is 4.42 Å². The van der Waals surface area contributed by atoms with E-state index in [1.165, 1.54) is 6.92 Å². The first kappa shape index (κ1) is 18.3. The van der Waals surface area contributed by atoms with Crippen molar-refractivity contribution in [3.63, 3.8) is 0 Å². The normalized spacial score (nSPS) is 10.7. The van der Waals surface area contributed by atoms with Crippen molar-refractivity contribution in [2.24, 2.45) is 0 Å². The average Bonchev–Trinajstić information content (AvgIpc) is 3.20. The Balaban J connectivity index is 1.78. The molecule has 3 aromatic rings. The third-order valence-corrected chi connectivity index (χ3v) is 5.01. The molecular weight excluding hydrogens is 370 g/mol. The summed E-state index contributed by atoms with van der Waals surface area (Å²) in [4.78, 5) is 28.9. The number of aromatic nitrogens is 2. The van der Waals surface area contributed by atoms with Gasteiger partial charge in [0, 0.05) is 22.0 Å². The van der Waals surface area contributed by atoms with Gasteiger partial charge in [-0.15, -0.1) is 11.8 Å². The van der Waals surface area contributed by atoms with Crippen LogP contribution in [0.25, 0.3) is 11.3 Å². The van der Waals surface area contributed by atoms with E-state index in [4.69, 9.17) is 4.42 Å². The Bertz CT molecular complexity index is 962. The fourth-order valence-electron chi connectivity index (χ4n) is 2.39. The maximum atomic E-state index is 12.5. The monoisotopic (exact) mass is 387 g/mol. The number of nitrogens with one attached hydrogen (secondary N) is 1. The topological polar surface area (TPSA) is 85.1 Å². The molecule has 3 rings (SSSR count). The maximum Gasteiger partial charge on any atom is 0.261 e. The number of rotatable bonds is 6. The first-order chi connectivity index (χ1) is 12.5. The van der Waals surface area contributed by atoms with Gasteiger partial charge in [0.05, 0.1) is 12.0 Å². The molecular formula is C18H17N3O3S2. The predicted molar refractivity (Wildman–Crippen MR) is 103 cm³/mol. The van der Waals surface area contributed by atoms with Crippen LogP contribution < -0.4 is 5.32 Å². The second kappa shape index (κ2) is 7.84. The number of aryl methyl sites for hydroxylation is 1. The van der Waals surface area contributed by atoms with Crippen LogP contribution in [0.3, 0.4) is 0 Å². The lowest BCUT2D eigenvalue weighted by Crippen LogP contribution is -2.12. The Hall–Kier alpha value is -2.45. The largest absolute Gasteiger partial charge is 0.461 e. The van der Waals surface area contributed by atoms with E-state index >= 15 is 0 Å². The number of carbonyl (C=O) groups is 2. The van der Waals surface area contributed by atoms with Crippen molar-refractivity contribution >= 4 is 40.1 Å². The van der Waals surface area contributed by atoms with Crippen LogP contribution in [-0.2, 0) is 11.2 Å². The van der Waals surface area contributed by atoms with E-state index in [-0.39, 0.29) is 18.1 Å². The smallest absolute Gasteiger partial charge is 0.261 e. The van der Waals surface area contributed by atoms with Gasteiger partial charge in [-0.05, 0) is 38.3 Å². The number of benzene rings is 1. The van der Waals surface area contributed by atoms with Crippen LogP contribution in [0, 0.1) is 6.92 Å². The molecule has 8 heteroatoms. The van der Waals surface area contributed by atoms with Crippen LogP contribution in [0.15, 0.2) is 39.6 Å². The van der Waals surface area contributed by atoms with Crippen LogP contribution in [0.1, 0.15) is 28.9 Å². The summed E-state index contributed by atoms with van der Waals surface area (Å²) in [6, 6.07) is 9.66. The number of hydrogen-bond acceptors (Lipinski definition) is 7. The number of anilines is 1. The van der Waals surface area contributed by atoms with E-state index in [0.29, 0.717) is 28.0 Å². The zero-order valence-electron chi connectivity index (χ0n) is 14.5. The Morgan fingerprint density at radius 1 is 1.31 bits per heavy atom. The number of ketones is 1. The molecule has 0 unspecified atom stereocenters. The fourth-order valence-corrected chi connectivity index (χ4v) is 3.43. The maximum absolute atomic E-state index is 12.5. The van der Waals surface area contributed by atoms with Gasteiger partial charge in [0.1, 0.15) is 17.3 Å². The molecule has 26 heavy (non-hydrogen) atoms. The van der Waals surface area contributed by atoms with Crippen LogP contribution in [0.5, 0.6) is 0 Å². The van der Waals surface area contributed by atoms with Crippen molar-refractivity contribution in [3.05, 3.63) is 47.5 Å². The summed E-state index contributed by atoms with van der Waals surface area (Å²) >= 11 is 2.69. The molecule has 0 aliphatic heterocycles. The molecule has 1 amide bonds. The minimum atomic E-state index is -0.316. The average molecular weight is 387 g/mol. The molecule has 2 aromatic heterocycles. The second-order valence-corrected chi connectivity index (χ2v) is 7.29. The van der Waals surface area contributed by atoms with E-state index in [1.54, 1.807) is 24.8 Å². The molecule has 0 spiro atoms. The molecule has 0 saturated heterocycles. The molecule has 0 aliphatic carbocycles. The summed E-state index contributed by atoms with van der Waals surface area (Å²) in [7, 11) is 0. The standard InChI is InChI=1S/C18H17N3O3S2/c1-10(22)7-16-19-18(26-21-16)20-17(23)14-9-15(24-11(14)2)12-5-4-6-13(8-12)25-3/h4-6,8-9H,7H2,1-3H3,(H,19,20,21,23). The molecule has 2 heterocycles. The number of amides is 1. The molecule has 1 aromatic carbocycles. The van der Waals surface area contributed by atoms with Gasteiger partial charge in [0.15, 0.2) is 5.82 Å². The van der Waals surface area contributed by atoms with Gasteiger partial charge in [0.2, 0.25) is 5.13 Å². The van der Waals surface area contributed by atoms with Crippen LogP contribution in [0.4, 0.5) is 5.13 Å². The molecule has 134 valence electrons. The minimum absolute atomic E-state index is 0.0246. The number of carbonyl (C=O) groups excluding carboxylic acids is 2. The summed E-state index contributed by atoms with van der Waals surface area (Å²) in [6.45, 7) is 3.22. The number of Topliss-reactive ketones (excluding diaryl/α,β-unsaturated/α-hetero) is 1. The van der Waals surface area contributed by atoms with Gasteiger partial charge >= 0.3 is 0 Å². The van der Waals surface area contributed by atoms with E-state index in [9.17, 15) is 9.59 Å². The van der Waals surface area contributed by atoms with E-state index in [2.05, 4.69) is 14.7 Å². The van der Waals surface area contributed by atoms with Crippen molar-refractivity contribution in [1.82, 2.24) is 9.36 Å². The quantitative estimate of drug-likeness (QED) is 0.638. The lowest BCUT2D eigenvalue weighted by atomic mass is 10.1. The number of hydrogen-bond donors (Lipinski definition) is 1. The van der Waals surface area contributed by atoms with Gasteiger partial charge in [-0.2, -0.15) is 4.37 Å². The Labute approximate surface area is 159 Å². The molecule has 0 radical (unpaired) electrons. The molecule has 0 saturated carbocycles. The predicted octanol–water partition coefficient (Wildman–Crippen LogP) is 4.21. The van der Waals surface area contributed by atoms with Crippen LogP contribution >= 0.6 is 23.3 Å². The van der Waals surface area contributed by atoms with Crippen LogP contribution in [-0.4, -0.2) is 27.3 Å². The summed E-state index contributed by atoms with van der Waals surface area (Å²) in [6.07, 6.45) is 2.17. The van der Waals surface area contributed by atoms with Gasteiger partial charge in [-0.3, -0.25) is 14.9 Å². The fraction of sp³-hybridized carbons (Fsp3) is 0.222. The first-order valence-corrected chi connectivity index (χ1v) is 9.84. The van der Waals surface area contributed by atoms with E-state index in [0.717, 1.165) is 22.0 Å². The van der Waals surface area contributed by atoms with Crippen molar-refractivity contribution in [1.29, 1.82) is 0 Å². The first-order valence-electron chi connectivity index (χ1n) is 7.84. The minimum Gasteiger partial charge on any atom is -0.461 e. The Kier molecular flexibility index (Phi) is 5.53.